The van der Waals surface area contributed by atoms with Crippen molar-refractivity contribution in [2.45, 2.75) is 38.5 Å². The molecule has 0 fully saturated rings. The zero-order valence-electron chi connectivity index (χ0n) is 10.4. The lowest BCUT2D eigenvalue weighted by molar-refractivity contribution is -0.137. The van der Waals surface area contributed by atoms with Gasteiger partial charge in [-0.05, 0) is 38.0 Å². The lowest BCUT2D eigenvalue weighted by Crippen LogP contribution is -2.38. The summed E-state index contributed by atoms with van der Waals surface area (Å²) in [5, 5.41) is 4.21. The molecule has 5 heteroatoms. The van der Waals surface area contributed by atoms with Crippen LogP contribution in [0.25, 0.3) is 0 Å². The van der Waals surface area contributed by atoms with Crippen molar-refractivity contribution in [3.05, 3.63) is 35.4 Å². The smallest absolute Gasteiger partial charge is 0.308 e. The lowest BCUT2D eigenvalue weighted by atomic mass is 10.0. The maximum Gasteiger partial charge on any atom is 0.416 e. The third kappa shape index (κ3) is 4.98. The van der Waals surface area contributed by atoms with Gasteiger partial charge in [-0.3, -0.25) is 0 Å². The Labute approximate surface area is 114 Å². The molecule has 0 aliphatic carbocycles. The largest absolute Gasteiger partial charge is 0.416 e. The first-order chi connectivity index (χ1) is 8.24. The summed E-state index contributed by atoms with van der Waals surface area (Å²) < 4.78 is 37.1. The van der Waals surface area contributed by atoms with Crippen LogP contribution < -0.4 is 5.32 Å². The third-order valence-corrected chi connectivity index (χ3v) is 3.17. The number of halogens is 4. The van der Waals surface area contributed by atoms with Crippen LogP contribution >= 0.6 is 15.9 Å². The molecule has 0 saturated heterocycles. The first-order valence-corrected chi connectivity index (χ1v) is 6.84. The first-order valence-electron chi connectivity index (χ1n) is 5.72. The average Bonchev–Trinajstić information content (AvgIpc) is 2.26. The van der Waals surface area contributed by atoms with Crippen molar-refractivity contribution in [3.8, 4) is 0 Å². The average molecular weight is 324 g/mol. The molecule has 1 nitrogen and oxygen atoms in total. The van der Waals surface area contributed by atoms with E-state index >= 15 is 0 Å². The van der Waals surface area contributed by atoms with E-state index in [1.165, 1.54) is 12.1 Å². The van der Waals surface area contributed by atoms with Crippen molar-refractivity contribution in [1.29, 1.82) is 0 Å². The molecule has 0 atom stereocenters. The molecule has 0 saturated carbocycles. The molecule has 1 aromatic carbocycles. The van der Waals surface area contributed by atoms with E-state index < -0.39 is 11.7 Å². The van der Waals surface area contributed by atoms with Crippen molar-refractivity contribution >= 4 is 15.9 Å². The van der Waals surface area contributed by atoms with Crippen molar-refractivity contribution in [2.24, 2.45) is 0 Å². The molecule has 0 heterocycles. The van der Waals surface area contributed by atoms with Gasteiger partial charge in [-0.1, -0.05) is 28.1 Å². The van der Waals surface area contributed by atoms with Crippen LogP contribution in [0.5, 0.6) is 0 Å². The second-order valence-electron chi connectivity index (χ2n) is 4.87. The number of hydrogen-bond acceptors (Lipinski definition) is 1. The maximum atomic E-state index is 12.4. The SMILES string of the molecule is CC(C)(CCBr)NCc1ccc(C(F)(F)F)cc1. The molecule has 1 aromatic rings. The second kappa shape index (κ2) is 6.06. The zero-order valence-corrected chi connectivity index (χ0v) is 12.0. The van der Waals surface area contributed by atoms with E-state index in [9.17, 15) is 13.2 Å². The number of benzene rings is 1. The molecule has 102 valence electrons. The molecule has 0 aliphatic heterocycles. The predicted molar refractivity (Wildman–Crippen MR) is 70.8 cm³/mol. The second-order valence-corrected chi connectivity index (χ2v) is 5.66. The van der Waals surface area contributed by atoms with E-state index in [1.807, 2.05) is 0 Å². The minimum absolute atomic E-state index is 0.0355. The van der Waals surface area contributed by atoms with Gasteiger partial charge in [0.05, 0.1) is 5.56 Å². The van der Waals surface area contributed by atoms with Gasteiger partial charge in [0.2, 0.25) is 0 Å². The standard InChI is InChI=1S/C13H17BrF3N/c1-12(2,7-8-14)18-9-10-3-5-11(6-4-10)13(15,16)17/h3-6,18H,7-9H2,1-2H3. The number of hydrogen-bond donors (Lipinski definition) is 1. The highest BCUT2D eigenvalue weighted by Gasteiger charge is 2.29. The molecule has 0 amide bonds. The Morgan fingerprint density at radius 3 is 2.11 bits per heavy atom. The monoisotopic (exact) mass is 323 g/mol. The molecule has 18 heavy (non-hydrogen) atoms. The summed E-state index contributed by atoms with van der Waals surface area (Å²) in [6, 6.07) is 5.27. The summed E-state index contributed by atoms with van der Waals surface area (Å²) >= 11 is 3.38. The molecule has 0 aliphatic rings. The maximum absolute atomic E-state index is 12.4. The van der Waals surface area contributed by atoms with Crippen molar-refractivity contribution in [1.82, 2.24) is 5.32 Å². The first kappa shape index (κ1) is 15.5. The molecule has 0 aromatic heterocycles. The van der Waals surface area contributed by atoms with Crippen LogP contribution in [0.3, 0.4) is 0 Å². The molecule has 0 unspecified atom stereocenters. The number of alkyl halides is 4. The summed E-state index contributed by atoms with van der Waals surface area (Å²) in [7, 11) is 0. The van der Waals surface area contributed by atoms with Crippen molar-refractivity contribution < 1.29 is 13.2 Å². The Bertz CT molecular complexity index is 371. The minimum Gasteiger partial charge on any atom is -0.308 e. The van der Waals surface area contributed by atoms with E-state index in [1.54, 1.807) is 0 Å². The van der Waals surface area contributed by atoms with Gasteiger partial charge in [0.25, 0.3) is 0 Å². The molecule has 0 radical (unpaired) electrons. The lowest BCUT2D eigenvalue weighted by Gasteiger charge is -2.25. The fourth-order valence-electron chi connectivity index (χ4n) is 1.48. The summed E-state index contributed by atoms with van der Waals surface area (Å²) in [6.07, 6.45) is -3.31. The predicted octanol–water partition coefficient (Wildman–Crippen LogP) is 4.36. The Hall–Kier alpha value is -0.550. The summed E-state index contributed by atoms with van der Waals surface area (Å²) in [5.74, 6) is 0. The van der Waals surface area contributed by atoms with Crippen molar-refractivity contribution in [2.75, 3.05) is 5.33 Å². The Kier molecular flexibility index (Phi) is 5.22. The summed E-state index contributed by atoms with van der Waals surface area (Å²) in [5.41, 5.74) is 0.211. The van der Waals surface area contributed by atoms with Crippen LogP contribution in [0, 0.1) is 0 Å². The van der Waals surface area contributed by atoms with Gasteiger partial charge in [-0.25, -0.2) is 0 Å². The Morgan fingerprint density at radius 2 is 1.67 bits per heavy atom. The van der Waals surface area contributed by atoms with Gasteiger partial charge in [-0.15, -0.1) is 0 Å². The summed E-state index contributed by atoms with van der Waals surface area (Å²) in [4.78, 5) is 0. The van der Waals surface area contributed by atoms with Gasteiger partial charge in [0.15, 0.2) is 0 Å². The Balaban J connectivity index is 2.60. The van der Waals surface area contributed by atoms with Gasteiger partial charge >= 0.3 is 6.18 Å². The fourth-order valence-corrected chi connectivity index (χ4v) is 2.47. The van der Waals surface area contributed by atoms with Crippen LogP contribution in [0.1, 0.15) is 31.4 Å². The molecule has 1 rings (SSSR count). The molecular weight excluding hydrogens is 307 g/mol. The van der Waals surface area contributed by atoms with Gasteiger partial charge in [0.1, 0.15) is 0 Å². The quantitative estimate of drug-likeness (QED) is 0.794. The highest BCUT2D eigenvalue weighted by Crippen LogP contribution is 2.29. The minimum atomic E-state index is -4.26. The van der Waals surface area contributed by atoms with Crippen molar-refractivity contribution in [3.63, 3.8) is 0 Å². The number of rotatable bonds is 5. The number of nitrogens with one attached hydrogen (secondary N) is 1. The van der Waals surface area contributed by atoms with Crippen LogP contribution in [0.4, 0.5) is 13.2 Å². The highest BCUT2D eigenvalue weighted by atomic mass is 79.9. The van der Waals surface area contributed by atoms with Crippen LogP contribution in [-0.2, 0) is 12.7 Å². The van der Waals surface area contributed by atoms with E-state index in [0.29, 0.717) is 6.54 Å². The van der Waals surface area contributed by atoms with Crippen LogP contribution in [0.15, 0.2) is 24.3 Å². The van der Waals surface area contributed by atoms with E-state index in [4.69, 9.17) is 0 Å². The fraction of sp³-hybridized carbons (Fsp3) is 0.538. The van der Waals surface area contributed by atoms with E-state index in [0.717, 1.165) is 29.4 Å². The van der Waals surface area contributed by atoms with E-state index in [-0.39, 0.29) is 5.54 Å². The van der Waals surface area contributed by atoms with E-state index in [2.05, 4.69) is 35.1 Å². The zero-order chi connectivity index (χ0) is 13.8. The Morgan fingerprint density at radius 1 is 1.11 bits per heavy atom. The van der Waals surface area contributed by atoms with Gasteiger partial charge in [-0.2, -0.15) is 13.2 Å². The summed E-state index contributed by atoms with van der Waals surface area (Å²) in [6.45, 7) is 4.70. The molecular formula is C13H17BrF3N. The van der Waals surface area contributed by atoms with Gasteiger partial charge in [0, 0.05) is 17.4 Å². The van der Waals surface area contributed by atoms with Gasteiger partial charge < -0.3 is 5.32 Å². The molecule has 0 spiro atoms. The molecule has 0 bridgehead atoms. The molecule has 1 N–H and O–H groups in total. The third-order valence-electron chi connectivity index (χ3n) is 2.77. The van der Waals surface area contributed by atoms with Crippen LogP contribution in [0.2, 0.25) is 0 Å². The van der Waals surface area contributed by atoms with Crippen LogP contribution in [-0.4, -0.2) is 10.9 Å². The topological polar surface area (TPSA) is 12.0 Å². The normalized spacial score (nSPS) is 12.8. The highest BCUT2D eigenvalue weighted by molar-refractivity contribution is 9.09.